The molecule has 0 saturated carbocycles. The summed E-state index contributed by atoms with van der Waals surface area (Å²) < 4.78 is 11.2. The van der Waals surface area contributed by atoms with Crippen molar-refractivity contribution in [1.82, 2.24) is 0 Å². The Morgan fingerprint density at radius 2 is 1.83 bits per heavy atom. The fourth-order valence-electron chi connectivity index (χ4n) is 2.19. The number of nitrogens with one attached hydrogen (secondary N) is 1. The lowest BCUT2D eigenvalue weighted by Crippen LogP contribution is -2.13. The van der Waals surface area contributed by atoms with Crippen LogP contribution in [0.2, 0.25) is 5.02 Å². The van der Waals surface area contributed by atoms with Gasteiger partial charge >= 0.3 is 0 Å². The Morgan fingerprint density at radius 1 is 1.12 bits per heavy atom. The van der Waals surface area contributed by atoms with Gasteiger partial charge in [-0.15, -0.1) is 0 Å². The van der Waals surface area contributed by atoms with Crippen molar-refractivity contribution in [3.63, 3.8) is 0 Å². The van der Waals surface area contributed by atoms with E-state index < -0.39 is 0 Å². The standard InChI is InChI=1S/C19H22ClNO3/c1-3-23-17-7-4-5-8-18(17)24-12-6-9-19(22)21-16-11-10-14(2)13-15(16)20/h4-5,7-8,10-11,13H,3,6,9,12H2,1-2H3,(H,21,22). The maximum atomic E-state index is 12.0. The van der Waals surface area contributed by atoms with Crippen LogP contribution in [0.1, 0.15) is 25.3 Å². The van der Waals surface area contributed by atoms with E-state index in [0.29, 0.717) is 42.5 Å². The van der Waals surface area contributed by atoms with E-state index in [9.17, 15) is 4.79 Å². The first kappa shape index (κ1) is 18.1. The number of anilines is 1. The van der Waals surface area contributed by atoms with Gasteiger partial charge in [-0.05, 0) is 50.1 Å². The highest BCUT2D eigenvalue weighted by atomic mass is 35.5. The third kappa shape index (κ3) is 5.46. The fourth-order valence-corrected chi connectivity index (χ4v) is 2.48. The summed E-state index contributed by atoms with van der Waals surface area (Å²) in [5, 5.41) is 3.36. The van der Waals surface area contributed by atoms with Crippen molar-refractivity contribution < 1.29 is 14.3 Å². The van der Waals surface area contributed by atoms with Gasteiger partial charge in [-0.3, -0.25) is 4.79 Å². The van der Waals surface area contributed by atoms with Crippen molar-refractivity contribution in [2.45, 2.75) is 26.7 Å². The molecule has 0 fully saturated rings. The predicted molar refractivity (Wildman–Crippen MR) is 97.2 cm³/mol. The number of hydrogen-bond acceptors (Lipinski definition) is 3. The van der Waals surface area contributed by atoms with Crippen molar-refractivity contribution in [2.24, 2.45) is 0 Å². The van der Waals surface area contributed by atoms with Gasteiger partial charge in [0.1, 0.15) is 0 Å². The minimum Gasteiger partial charge on any atom is -0.490 e. The molecule has 0 spiro atoms. The molecule has 1 amide bonds. The summed E-state index contributed by atoms with van der Waals surface area (Å²) in [5.74, 6) is 1.33. The molecule has 5 heteroatoms. The van der Waals surface area contributed by atoms with Crippen LogP contribution in [0.4, 0.5) is 5.69 Å². The van der Waals surface area contributed by atoms with Gasteiger partial charge in [0.2, 0.25) is 5.91 Å². The maximum absolute atomic E-state index is 12.0. The molecule has 0 radical (unpaired) electrons. The summed E-state index contributed by atoms with van der Waals surface area (Å²) in [6.45, 7) is 4.91. The van der Waals surface area contributed by atoms with E-state index in [-0.39, 0.29) is 5.91 Å². The van der Waals surface area contributed by atoms with E-state index in [2.05, 4.69) is 5.32 Å². The summed E-state index contributed by atoms with van der Waals surface area (Å²) >= 11 is 6.11. The fraction of sp³-hybridized carbons (Fsp3) is 0.316. The number of carbonyl (C=O) groups is 1. The molecule has 128 valence electrons. The first-order chi connectivity index (χ1) is 11.6. The summed E-state index contributed by atoms with van der Waals surface area (Å²) in [7, 11) is 0. The van der Waals surface area contributed by atoms with E-state index >= 15 is 0 Å². The minimum absolute atomic E-state index is 0.0811. The molecule has 4 nitrogen and oxygen atoms in total. The largest absolute Gasteiger partial charge is 0.490 e. The van der Waals surface area contributed by atoms with Crippen LogP contribution < -0.4 is 14.8 Å². The average Bonchev–Trinajstić information content (AvgIpc) is 2.56. The summed E-state index contributed by atoms with van der Waals surface area (Å²) in [5.41, 5.74) is 1.69. The lowest BCUT2D eigenvalue weighted by Gasteiger charge is -2.11. The number of rotatable bonds is 8. The zero-order valence-corrected chi connectivity index (χ0v) is 14.7. The molecule has 0 aliphatic heterocycles. The van der Waals surface area contributed by atoms with Gasteiger partial charge < -0.3 is 14.8 Å². The highest BCUT2D eigenvalue weighted by molar-refractivity contribution is 6.33. The predicted octanol–water partition coefficient (Wildman–Crippen LogP) is 4.84. The van der Waals surface area contributed by atoms with Gasteiger partial charge in [0.05, 0.1) is 23.9 Å². The van der Waals surface area contributed by atoms with Crippen LogP contribution in [0.3, 0.4) is 0 Å². The zero-order chi connectivity index (χ0) is 17.4. The molecule has 2 rings (SSSR count). The first-order valence-electron chi connectivity index (χ1n) is 8.00. The Morgan fingerprint density at radius 3 is 2.50 bits per heavy atom. The summed E-state index contributed by atoms with van der Waals surface area (Å²) in [6.07, 6.45) is 0.969. The van der Waals surface area contributed by atoms with Crippen LogP contribution >= 0.6 is 11.6 Å². The molecule has 0 heterocycles. The smallest absolute Gasteiger partial charge is 0.224 e. The molecule has 2 aromatic rings. The number of ether oxygens (including phenoxy) is 2. The minimum atomic E-state index is -0.0811. The molecule has 0 saturated heterocycles. The number of para-hydroxylation sites is 2. The second-order valence-corrected chi connectivity index (χ2v) is 5.77. The molecule has 0 atom stereocenters. The van der Waals surface area contributed by atoms with Crippen LogP contribution in [0.5, 0.6) is 11.5 Å². The van der Waals surface area contributed by atoms with Gasteiger partial charge in [0.15, 0.2) is 11.5 Å². The van der Waals surface area contributed by atoms with Gasteiger partial charge in [0.25, 0.3) is 0 Å². The maximum Gasteiger partial charge on any atom is 0.224 e. The number of hydrogen-bond donors (Lipinski definition) is 1. The lowest BCUT2D eigenvalue weighted by atomic mass is 10.2. The average molecular weight is 348 g/mol. The Bertz CT molecular complexity index is 688. The molecule has 0 aliphatic rings. The second kappa shape index (κ2) is 9.18. The molecule has 0 unspecified atom stereocenters. The highest BCUT2D eigenvalue weighted by Crippen LogP contribution is 2.26. The van der Waals surface area contributed by atoms with Crippen molar-refractivity contribution in [2.75, 3.05) is 18.5 Å². The second-order valence-electron chi connectivity index (χ2n) is 5.36. The van der Waals surface area contributed by atoms with Crippen molar-refractivity contribution in [1.29, 1.82) is 0 Å². The SMILES string of the molecule is CCOc1ccccc1OCCCC(=O)Nc1ccc(C)cc1Cl. The van der Waals surface area contributed by atoms with Crippen molar-refractivity contribution in [3.8, 4) is 11.5 Å². The number of halogens is 1. The van der Waals surface area contributed by atoms with Gasteiger partial charge in [-0.1, -0.05) is 29.8 Å². The number of benzene rings is 2. The van der Waals surface area contributed by atoms with Gasteiger partial charge in [-0.2, -0.15) is 0 Å². The monoisotopic (exact) mass is 347 g/mol. The van der Waals surface area contributed by atoms with Crippen LogP contribution in [-0.2, 0) is 4.79 Å². The topological polar surface area (TPSA) is 47.6 Å². The zero-order valence-electron chi connectivity index (χ0n) is 14.0. The molecular formula is C19H22ClNO3. The number of aryl methyl sites for hydroxylation is 1. The van der Waals surface area contributed by atoms with Gasteiger partial charge in [0, 0.05) is 6.42 Å². The van der Waals surface area contributed by atoms with Crippen molar-refractivity contribution >= 4 is 23.2 Å². The van der Waals surface area contributed by atoms with E-state index in [1.54, 1.807) is 0 Å². The third-order valence-electron chi connectivity index (χ3n) is 3.35. The normalized spacial score (nSPS) is 10.3. The Balaban J connectivity index is 1.77. The van der Waals surface area contributed by atoms with E-state index in [1.165, 1.54) is 0 Å². The number of carbonyl (C=O) groups excluding carboxylic acids is 1. The molecule has 1 N–H and O–H groups in total. The molecule has 24 heavy (non-hydrogen) atoms. The molecular weight excluding hydrogens is 326 g/mol. The molecule has 0 bridgehead atoms. The van der Waals surface area contributed by atoms with Crippen LogP contribution in [0.25, 0.3) is 0 Å². The van der Waals surface area contributed by atoms with E-state index in [0.717, 1.165) is 11.3 Å². The van der Waals surface area contributed by atoms with Gasteiger partial charge in [-0.25, -0.2) is 0 Å². The lowest BCUT2D eigenvalue weighted by molar-refractivity contribution is -0.116. The van der Waals surface area contributed by atoms with Crippen molar-refractivity contribution in [3.05, 3.63) is 53.1 Å². The van der Waals surface area contributed by atoms with Crippen LogP contribution in [0, 0.1) is 6.92 Å². The van der Waals surface area contributed by atoms with Crippen LogP contribution in [0.15, 0.2) is 42.5 Å². The molecule has 2 aromatic carbocycles. The molecule has 0 aromatic heterocycles. The first-order valence-corrected chi connectivity index (χ1v) is 8.38. The quantitative estimate of drug-likeness (QED) is 0.695. The summed E-state index contributed by atoms with van der Waals surface area (Å²) in [4.78, 5) is 12.0. The van der Waals surface area contributed by atoms with E-state index in [1.807, 2.05) is 56.3 Å². The van der Waals surface area contributed by atoms with E-state index in [4.69, 9.17) is 21.1 Å². The Labute approximate surface area is 147 Å². The Kier molecular flexibility index (Phi) is 6.94. The number of amides is 1. The molecule has 0 aliphatic carbocycles. The van der Waals surface area contributed by atoms with Crippen LogP contribution in [-0.4, -0.2) is 19.1 Å². The summed E-state index contributed by atoms with van der Waals surface area (Å²) in [6, 6.07) is 13.1. The highest BCUT2D eigenvalue weighted by Gasteiger charge is 2.07. The third-order valence-corrected chi connectivity index (χ3v) is 3.67. The Hall–Kier alpha value is -2.20.